The third kappa shape index (κ3) is 4.85. The summed E-state index contributed by atoms with van der Waals surface area (Å²) in [5, 5.41) is 2.84. The van der Waals surface area contributed by atoms with E-state index in [4.69, 9.17) is 9.47 Å². The third-order valence-electron chi connectivity index (χ3n) is 4.18. The summed E-state index contributed by atoms with van der Waals surface area (Å²) in [6, 6.07) is 11.4. The predicted molar refractivity (Wildman–Crippen MR) is 102 cm³/mol. The van der Waals surface area contributed by atoms with Crippen molar-refractivity contribution in [1.82, 2.24) is 0 Å². The van der Waals surface area contributed by atoms with Gasteiger partial charge in [-0.25, -0.2) is 0 Å². The molecule has 0 radical (unpaired) electrons. The molecule has 2 rings (SSSR count). The van der Waals surface area contributed by atoms with Crippen molar-refractivity contribution >= 4 is 17.6 Å². The van der Waals surface area contributed by atoms with Gasteiger partial charge in [0.15, 0.2) is 6.10 Å². The molecular formula is C21H25NO4. The molecule has 5 nitrogen and oxygen atoms in total. The first-order chi connectivity index (χ1) is 12.3. The van der Waals surface area contributed by atoms with Crippen molar-refractivity contribution in [3.8, 4) is 5.75 Å². The molecule has 1 amide bonds. The number of rotatable bonds is 6. The van der Waals surface area contributed by atoms with E-state index < -0.39 is 12.1 Å². The lowest BCUT2D eigenvalue weighted by atomic mass is 10.1. The van der Waals surface area contributed by atoms with Gasteiger partial charge in [-0.15, -0.1) is 0 Å². The van der Waals surface area contributed by atoms with Gasteiger partial charge in [0.05, 0.1) is 13.5 Å². The van der Waals surface area contributed by atoms with E-state index in [1.807, 2.05) is 57.2 Å². The van der Waals surface area contributed by atoms with Gasteiger partial charge in [0.1, 0.15) is 5.75 Å². The standard InChI is InChI=1S/C21H25NO4/c1-13-9-10-18(25-5)17(11-13)12-19(23)26-16(4)21(24)22-20-14(2)7-6-8-15(20)3/h6-11,16H,12H2,1-5H3,(H,22,24)/t16-/m1/s1. The number of nitrogens with one attached hydrogen (secondary N) is 1. The Morgan fingerprint density at radius 2 is 1.73 bits per heavy atom. The van der Waals surface area contributed by atoms with Crippen LogP contribution in [0.1, 0.15) is 29.2 Å². The molecule has 0 spiro atoms. The number of hydrogen-bond acceptors (Lipinski definition) is 4. The summed E-state index contributed by atoms with van der Waals surface area (Å²) in [5.41, 5.74) is 4.43. The summed E-state index contributed by atoms with van der Waals surface area (Å²) in [5.74, 6) is -0.204. The normalized spacial score (nSPS) is 11.6. The van der Waals surface area contributed by atoms with Crippen LogP contribution in [0.4, 0.5) is 5.69 Å². The number of methoxy groups -OCH3 is 1. The van der Waals surface area contributed by atoms with E-state index in [0.717, 1.165) is 27.9 Å². The van der Waals surface area contributed by atoms with Crippen LogP contribution < -0.4 is 10.1 Å². The van der Waals surface area contributed by atoms with Gasteiger partial charge >= 0.3 is 5.97 Å². The number of carbonyl (C=O) groups excluding carboxylic acids is 2. The van der Waals surface area contributed by atoms with Crippen LogP contribution in [0, 0.1) is 20.8 Å². The monoisotopic (exact) mass is 355 g/mol. The smallest absolute Gasteiger partial charge is 0.311 e. The Hall–Kier alpha value is -2.82. The Balaban J connectivity index is 2.00. The summed E-state index contributed by atoms with van der Waals surface area (Å²) in [4.78, 5) is 24.6. The fourth-order valence-corrected chi connectivity index (χ4v) is 2.73. The van der Waals surface area contributed by atoms with Gasteiger partial charge in [-0.05, 0) is 44.9 Å². The van der Waals surface area contributed by atoms with Crippen LogP contribution >= 0.6 is 0 Å². The highest BCUT2D eigenvalue weighted by atomic mass is 16.5. The van der Waals surface area contributed by atoms with Crippen LogP contribution in [0.25, 0.3) is 0 Å². The number of anilines is 1. The summed E-state index contributed by atoms with van der Waals surface area (Å²) in [7, 11) is 1.56. The van der Waals surface area contributed by atoms with E-state index in [1.165, 1.54) is 0 Å². The number of hydrogen-bond donors (Lipinski definition) is 1. The minimum absolute atomic E-state index is 0.0475. The molecule has 1 atom stereocenters. The lowest BCUT2D eigenvalue weighted by molar-refractivity contribution is -0.152. The fourth-order valence-electron chi connectivity index (χ4n) is 2.73. The fraction of sp³-hybridized carbons (Fsp3) is 0.333. The largest absolute Gasteiger partial charge is 0.496 e. The molecule has 26 heavy (non-hydrogen) atoms. The van der Waals surface area contributed by atoms with Crippen molar-refractivity contribution in [3.05, 3.63) is 58.7 Å². The van der Waals surface area contributed by atoms with Gasteiger partial charge in [-0.1, -0.05) is 35.9 Å². The number of esters is 1. The molecule has 2 aromatic carbocycles. The molecule has 0 saturated heterocycles. The maximum Gasteiger partial charge on any atom is 0.311 e. The van der Waals surface area contributed by atoms with Crippen LogP contribution in [0.2, 0.25) is 0 Å². The van der Waals surface area contributed by atoms with Crippen LogP contribution in [0.3, 0.4) is 0 Å². The number of aryl methyl sites for hydroxylation is 3. The Morgan fingerprint density at radius 3 is 2.35 bits per heavy atom. The topological polar surface area (TPSA) is 64.6 Å². The molecule has 5 heteroatoms. The maximum atomic E-state index is 12.4. The van der Waals surface area contributed by atoms with E-state index in [-0.39, 0.29) is 12.3 Å². The Labute approximate surface area is 154 Å². The van der Waals surface area contributed by atoms with E-state index in [0.29, 0.717) is 5.75 Å². The zero-order chi connectivity index (χ0) is 19.3. The highest BCUT2D eigenvalue weighted by Crippen LogP contribution is 2.22. The van der Waals surface area contributed by atoms with Crippen molar-refractivity contribution in [2.24, 2.45) is 0 Å². The lowest BCUT2D eigenvalue weighted by Crippen LogP contribution is -2.31. The molecule has 0 bridgehead atoms. The Bertz CT molecular complexity index is 793. The van der Waals surface area contributed by atoms with Gasteiger partial charge < -0.3 is 14.8 Å². The Kier molecular flexibility index (Phi) is 6.39. The molecule has 138 valence electrons. The van der Waals surface area contributed by atoms with Crippen molar-refractivity contribution in [3.63, 3.8) is 0 Å². The molecule has 0 aliphatic rings. The SMILES string of the molecule is COc1ccc(C)cc1CC(=O)O[C@H](C)C(=O)Nc1c(C)cccc1C. The number of carbonyl (C=O) groups is 2. The zero-order valence-electron chi connectivity index (χ0n) is 15.9. The second-order valence-electron chi connectivity index (χ2n) is 6.38. The van der Waals surface area contributed by atoms with Crippen LogP contribution in [-0.4, -0.2) is 25.1 Å². The molecule has 1 N–H and O–H groups in total. The molecule has 0 saturated carbocycles. The molecule has 0 aliphatic carbocycles. The molecule has 0 aromatic heterocycles. The molecule has 0 heterocycles. The first kappa shape index (κ1) is 19.5. The van der Waals surface area contributed by atoms with Gasteiger partial charge in [-0.3, -0.25) is 9.59 Å². The molecule has 0 fully saturated rings. The van der Waals surface area contributed by atoms with Crippen molar-refractivity contribution < 1.29 is 19.1 Å². The first-order valence-electron chi connectivity index (χ1n) is 8.52. The van der Waals surface area contributed by atoms with Crippen molar-refractivity contribution in [2.75, 3.05) is 12.4 Å². The third-order valence-corrected chi connectivity index (χ3v) is 4.18. The number of ether oxygens (including phenoxy) is 2. The maximum absolute atomic E-state index is 12.4. The minimum atomic E-state index is -0.891. The second-order valence-corrected chi connectivity index (χ2v) is 6.38. The van der Waals surface area contributed by atoms with Gasteiger partial charge in [0, 0.05) is 11.3 Å². The van der Waals surface area contributed by atoms with E-state index in [2.05, 4.69) is 5.32 Å². The van der Waals surface area contributed by atoms with Crippen LogP contribution in [-0.2, 0) is 20.7 Å². The molecule has 0 unspecified atom stereocenters. The first-order valence-corrected chi connectivity index (χ1v) is 8.52. The lowest BCUT2D eigenvalue weighted by Gasteiger charge is -2.16. The quantitative estimate of drug-likeness (QED) is 0.802. The minimum Gasteiger partial charge on any atom is -0.496 e. The Morgan fingerprint density at radius 1 is 1.08 bits per heavy atom. The number of benzene rings is 2. The highest BCUT2D eigenvalue weighted by molar-refractivity contribution is 5.96. The molecule has 2 aromatic rings. The van der Waals surface area contributed by atoms with Gasteiger partial charge in [0.25, 0.3) is 5.91 Å². The molecular weight excluding hydrogens is 330 g/mol. The van der Waals surface area contributed by atoms with Gasteiger partial charge in [-0.2, -0.15) is 0 Å². The predicted octanol–water partition coefficient (Wildman–Crippen LogP) is 3.73. The van der Waals surface area contributed by atoms with Gasteiger partial charge in [0.2, 0.25) is 0 Å². The summed E-state index contributed by atoms with van der Waals surface area (Å²) in [6.45, 7) is 7.34. The van der Waals surface area contributed by atoms with E-state index >= 15 is 0 Å². The number of amides is 1. The van der Waals surface area contributed by atoms with E-state index in [1.54, 1.807) is 14.0 Å². The highest BCUT2D eigenvalue weighted by Gasteiger charge is 2.20. The van der Waals surface area contributed by atoms with E-state index in [9.17, 15) is 9.59 Å². The van der Waals surface area contributed by atoms with Crippen LogP contribution in [0.5, 0.6) is 5.75 Å². The average Bonchev–Trinajstić information content (AvgIpc) is 2.58. The second kappa shape index (κ2) is 8.52. The van der Waals surface area contributed by atoms with Crippen LogP contribution in [0.15, 0.2) is 36.4 Å². The zero-order valence-corrected chi connectivity index (χ0v) is 15.9. The van der Waals surface area contributed by atoms with Crippen molar-refractivity contribution in [2.45, 2.75) is 40.2 Å². The molecule has 0 aliphatic heterocycles. The summed E-state index contributed by atoms with van der Waals surface area (Å²) < 4.78 is 10.6. The summed E-state index contributed by atoms with van der Waals surface area (Å²) >= 11 is 0. The van der Waals surface area contributed by atoms with Crippen molar-refractivity contribution in [1.29, 1.82) is 0 Å². The summed E-state index contributed by atoms with van der Waals surface area (Å²) in [6.07, 6.45) is -0.844. The number of para-hydroxylation sites is 1. The average molecular weight is 355 g/mol.